The Labute approximate surface area is 114 Å². The van der Waals surface area contributed by atoms with Gasteiger partial charge in [-0.3, -0.25) is 9.11 Å². The van der Waals surface area contributed by atoms with E-state index in [1.807, 2.05) is 0 Å². The minimum absolute atomic E-state index is 0.0372. The van der Waals surface area contributed by atoms with Crippen molar-refractivity contribution < 1.29 is 30.7 Å². The van der Waals surface area contributed by atoms with Crippen molar-refractivity contribution in [2.75, 3.05) is 0 Å². The normalized spacial score (nSPS) is 18.5. The zero-order valence-electron chi connectivity index (χ0n) is 9.70. The Kier molecular flexibility index (Phi) is 3.36. The van der Waals surface area contributed by atoms with Crippen molar-refractivity contribution in [3.05, 3.63) is 40.9 Å². The largest absolute Gasteiger partial charge is 0.361 e. The third-order valence-electron chi connectivity index (χ3n) is 2.75. The molecule has 2 rings (SSSR count). The summed E-state index contributed by atoms with van der Waals surface area (Å²) in [4.78, 5) is 2.37. The Balaban J connectivity index is 2.74. The third-order valence-corrected chi connectivity index (χ3v) is 4.69. The fourth-order valence-electron chi connectivity index (χ4n) is 1.92. The Morgan fingerprint density at radius 3 is 2.25 bits per heavy atom. The summed E-state index contributed by atoms with van der Waals surface area (Å²) >= 11 is 0. The molecule has 20 heavy (non-hydrogen) atoms. The fourth-order valence-corrected chi connectivity index (χ4v) is 3.40. The molecule has 2 N–H and O–H groups in total. The lowest BCUT2D eigenvalue weighted by molar-refractivity contribution is -0.00612. The predicted molar refractivity (Wildman–Crippen MR) is 68.2 cm³/mol. The summed E-state index contributed by atoms with van der Waals surface area (Å²) < 4.78 is 62.9. The first-order chi connectivity index (χ1) is 9.14. The fraction of sp³-hybridized carbons (Fsp3) is 0.100. The van der Waals surface area contributed by atoms with Gasteiger partial charge in [0.15, 0.2) is 0 Å². The van der Waals surface area contributed by atoms with E-state index in [-0.39, 0.29) is 16.8 Å². The van der Waals surface area contributed by atoms with Crippen LogP contribution in [0.25, 0.3) is 11.6 Å². The Morgan fingerprint density at radius 1 is 1.10 bits per heavy atom. The maximum Gasteiger partial charge on any atom is 0.317 e. The van der Waals surface area contributed by atoms with Crippen molar-refractivity contribution >= 4 is 32.0 Å². The average Bonchev–Trinajstić information content (AvgIpc) is 2.34. The van der Waals surface area contributed by atoms with Gasteiger partial charge in [-0.25, -0.2) is 0 Å². The molecule has 1 unspecified atom stereocenters. The number of hydrogen-bond acceptors (Lipinski definition) is 4. The minimum atomic E-state index is -4.60. The van der Waals surface area contributed by atoms with Gasteiger partial charge >= 0.3 is 5.71 Å². The maximum atomic E-state index is 11.4. The smallest absolute Gasteiger partial charge is 0.317 e. The number of fused-ring (bicyclic) bond motifs is 1. The molecule has 0 fully saturated rings. The molecule has 1 aromatic carbocycles. The highest BCUT2D eigenvalue weighted by molar-refractivity contribution is 7.87. The first-order valence-corrected chi connectivity index (χ1v) is 8.06. The third kappa shape index (κ3) is 2.55. The quantitative estimate of drug-likeness (QED) is 0.463. The van der Waals surface area contributed by atoms with Crippen LogP contribution in [0.4, 0.5) is 0 Å². The number of benzene rings is 1. The van der Waals surface area contributed by atoms with Crippen molar-refractivity contribution in [3.63, 3.8) is 0 Å². The highest BCUT2D eigenvalue weighted by Crippen LogP contribution is 2.32. The average molecular weight is 316 g/mol. The molecular formula is C10H8N2O6S2. The molecule has 1 aromatic rings. The molecule has 0 saturated heterocycles. The molecule has 1 aliphatic rings. The van der Waals surface area contributed by atoms with Crippen LogP contribution >= 0.6 is 0 Å². The summed E-state index contributed by atoms with van der Waals surface area (Å²) in [7, 11) is -9.04. The minimum Gasteiger partial charge on any atom is -0.361 e. The molecule has 0 amide bonds. The van der Waals surface area contributed by atoms with Gasteiger partial charge in [0.1, 0.15) is 0 Å². The summed E-state index contributed by atoms with van der Waals surface area (Å²) in [6.45, 7) is 0. The van der Waals surface area contributed by atoms with Gasteiger partial charge in [-0.05, 0) is 29.3 Å². The lowest BCUT2D eigenvalue weighted by Crippen LogP contribution is -2.24. The van der Waals surface area contributed by atoms with Crippen LogP contribution in [0.2, 0.25) is 0 Å². The van der Waals surface area contributed by atoms with Crippen LogP contribution in [0, 0.1) is 0 Å². The molecule has 8 nitrogen and oxygen atoms in total. The first kappa shape index (κ1) is 14.6. The monoisotopic (exact) mass is 316 g/mol. The molecule has 0 aliphatic heterocycles. The maximum absolute atomic E-state index is 11.4. The molecule has 0 saturated carbocycles. The highest BCUT2D eigenvalue weighted by Gasteiger charge is 2.39. The van der Waals surface area contributed by atoms with E-state index in [4.69, 9.17) is 10.1 Å². The van der Waals surface area contributed by atoms with Crippen LogP contribution in [0.5, 0.6) is 0 Å². The molecule has 0 aromatic heterocycles. The topological polar surface area (TPSA) is 145 Å². The van der Waals surface area contributed by atoms with Crippen LogP contribution in [0.3, 0.4) is 0 Å². The number of rotatable bonds is 2. The molecule has 0 heterocycles. The lowest BCUT2D eigenvalue weighted by Gasteiger charge is -2.16. The number of nitrogens with zero attached hydrogens (tertiary/aromatic N) is 2. The van der Waals surface area contributed by atoms with E-state index in [2.05, 4.69) is 4.79 Å². The summed E-state index contributed by atoms with van der Waals surface area (Å²) in [5.41, 5.74) is 8.65. The van der Waals surface area contributed by atoms with Crippen molar-refractivity contribution in [2.45, 2.75) is 10.1 Å². The van der Waals surface area contributed by atoms with E-state index in [0.717, 1.165) is 24.3 Å². The lowest BCUT2D eigenvalue weighted by atomic mass is 9.96. The van der Waals surface area contributed by atoms with E-state index in [1.165, 1.54) is 6.08 Å². The summed E-state index contributed by atoms with van der Waals surface area (Å²) in [6, 6.07) is 3.15. The zero-order chi connectivity index (χ0) is 15.1. The summed E-state index contributed by atoms with van der Waals surface area (Å²) in [5, 5.41) is -1.62. The molecule has 1 aliphatic carbocycles. The Hall–Kier alpha value is -1.84. The second-order valence-corrected chi connectivity index (χ2v) is 6.94. The van der Waals surface area contributed by atoms with Gasteiger partial charge in [0.05, 0.1) is 4.90 Å². The van der Waals surface area contributed by atoms with E-state index in [0.29, 0.717) is 0 Å². The van der Waals surface area contributed by atoms with Gasteiger partial charge in [0.2, 0.25) is 5.25 Å². The van der Waals surface area contributed by atoms with Gasteiger partial charge in [-0.2, -0.15) is 21.6 Å². The predicted octanol–water partition coefficient (Wildman–Crippen LogP) is 0.560. The molecule has 106 valence electrons. The molecule has 0 spiro atoms. The SMILES string of the molecule is [N-]=[N+]=C1C=Cc2cc(S(=O)(=O)O)ccc2C1S(=O)(=O)O. The molecule has 0 bridgehead atoms. The van der Waals surface area contributed by atoms with Crippen molar-refractivity contribution in [1.29, 1.82) is 0 Å². The van der Waals surface area contributed by atoms with Gasteiger partial charge in [0, 0.05) is 6.08 Å². The van der Waals surface area contributed by atoms with E-state index < -0.39 is 30.4 Å². The van der Waals surface area contributed by atoms with Crippen LogP contribution in [-0.2, 0) is 20.2 Å². The first-order valence-electron chi connectivity index (χ1n) is 5.12. The Morgan fingerprint density at radius 2 is 1.75 bits per heavy atom. The van der Waals surface area contributed by atoms with E-state index >= 15 is 0 Å². The molecular weight excluding hydrogens is 308 g/mol. The standard InChI is InChI=1S/C10H8N2O6S2/c11-12-9-4-1-6-5-7(19(13,14)15)2-3-8(6)10(9)20(16,17)18/h1-5,10H,(H,13,14,15)(H,16,17,18). The molecule has 0 radical (unpaired) electrons. The van der Waals surface area contributed by atoms with Gasteiger partial charge < -0.3 is 5.53 Å². The second-order valence-electron chi connectivity index (χ2n) is 4.02. The van der Waals surface area contributed by atoms with Crippen molar-refractivity contribution in [1.82, 2.24) is 0 Å². The van der Waals surface area contributed by atoms with Crippen molar-refractivity contribution in [2.24, 2.45) is 0 Å². The van der Waals surface area contributed by atoms with Crippen LogP contribution in [0.1, 0.15) is 16.4 Å². The molecule has 10 heteroatoms. The van der Waals surface area contributed by atoms with Crippen LogP contribution in [0.15, 0.2) is 29.2 Å². The van der Waals surface area contributed by atoms with Crippen molar-refractivity contribution in [3.8, 4) is 0 Å². The van der Waals surface area contributed by atoms with E-state index in [9.17, 15) is 21.4 Å². The van der Waals surface area contributed by atoms with E-state index in [1.54, 1.807) is 0 Å². The highest BCUT2D eigenvalue weighted by atomic mass is 32.2. The van der Waals surface area contributed by atoms with Crippen LogP contribution in [-0.4, -0.2) is 36.4 Å². The zero-order valence-corrected chi connectivity index (χ0v) is 11.3. The second kappa shape index (κ2) is 4.62. The number of allylic oxidation sites excluding steroid dienone is 1. The summed E-state index contributed by atoms with van der Waals surface area (Å²) in [5.74, 6) is 0. The molecule has 1 atom stereocenters. The van der Waals surface area contributed by atoms with Gasteiger partial charge in [0.25, 0.3) is 20.2 Å². The van der Waals surface area contributed by atoms with Gasteiger partial charge in [-0.1, -0.05) is 6.07 Å². The Bertz CT molecular complexity index is 863. The van der Waals surface area contributed by atoms with Gasteiger partial charge in [-0.15, -0.1) is 0 Å². The van der Waals surface area contributed by atoms with Crippen LogP contribution < -0.4 is 0 Å². The summed E-state index contributed by atoms with van der Waals surface area (Å²) in [6.07, 6.45) is 2.43. The number of hydrogen-bond donors (Lipinski definition) is 2.